The van der Waals surface area contributed by atoms with Gasteiger partial charge in [-0.1, -0.05) is 24.2 Å². The number of rotatable bonds is 3. The first-order valence-corrected chi connectivity index (χ1v) is 6.35. The highest BCUT2D eigenvalue weighted by Gasteiger charge is 2.28. The summed E-state index contributed by atoms with van der Waals surface area (Å²) in [6.45, 7) is 1.67. The van der Waals surface area contributed by atoms with Gasteiger partial charge in [-0.2, -0.15) is 8.42 Å². The predicted molar refractivity (Wildman–Crippen MR) is 58.6 cm³/mol. The highest BCUT2D eigenvalue weighted by atomic mass is 32.2. The van der Waals surface area contributed by atoms with E-state index < -0.39 is 15.4 Å². The Kier molecular flexibility index (Phi) is 2.69. The molecule has 0 fully saturated rings. The van der Waals surface area contributed by atoms with Gasteiger partial charge in [-0.3, -0.25) is 4.55 Å². The van der Waals surface area contributed by atoms with Crippen molar-refractivity contribution >= 4 is 21.1 Å². The molecule has 0 aliphatic rings. The van der Waals surface area contributed by atoms with Crippen LogP contribution in [-0.4, -0.2) is 18.1 Å². The van der Waals surface area contributed by atoms with Gasteiger partial charge in [0.25, 0.3) is 10.1 Å². The Labute approximate surface area is 92.8 Å². The Morgan fingerprint density at radius 3 is 2.75 bits per heavy atom. The molecule has 0 radical (unpaired) electrons. The normalized spacial score (nSPS) is 14.1. The second-order valence-corrected chi connectivity index (χ2v) is 5.07. The van der Waals surface area contributed by atoms with Crippen LogP contribution >= 0.6 is 0 Å². The van der Waals surface area contributed by atoms with Gasteiger partial charge in [0.1, 0.15) is 10.9 Å². The van der Waals surface area contributed by atoms with Crippen LogP contribution in [0.2, 0.25) is 0 Å². The lowest BCUT2D eigenvalue weighted by molar-refractivity contribution is 0.431. The molecule has 0 saturated heterocycles. The molecular formula is C10H11NO4S. The van der Waals surface area contributed by atoms with E-state index in [1.165, 1.54) is 0 Å². The largest absolute Gasteiger partial charge is 0.356 e. The predicted octanol–water partition coefficient (Wildman–Crippen LogP) is 2.17. The standard InChI is InChI=1S/C10H11NO4S/c1-2-9(16(12,13)14)10-7-5-3-4-6-8(7)15-11-10/h3-6,9H,2H2,1H3,(H,12,13,14). The van der Waals surface area contributed by atoms with Crippen molar-refractivity contribution in [3.63, 3.8) is 0 Å². The van der Waals surface area contributed by atoms with Crippen LogP contribution < -0.4 is 0 Å². The Morgan fingerprint density at radius 1 is 1.44 bits per heavy atom. The third-order valence-corrected chi connectivity index (χ3v) is 3.72. The van der Waals surface area contributed by atoms with Crippen LogP contribution in [0.4, 0.5) is 0 Å². The molecular weight excluding hydrogens is 230 g/mol. The smallest absolute Gasteiger partial charge is 0.273 e. The molecule has 1 N–H and O–H groups in total. The van der Waals surface area contributed by atoms with Crippen LogP contribution in [-0.2, 0) is 10.1 Å². The Balaban J connectivity index is 2.63. The van der Waals surface area contributed by atoms with Crippen molar-refractivity contribution in [2.24, 2.45) is 0 Å². The van der Waals surface area contributed by atoms with Gasteiger partial charge in [0.2, 0.25) is 0 Å². The fraction of sp³-hybridized carbons (Fsp3) is 0.300. The maximum absolute atomic E-state index is 11.2. The molecule has 1 unspecified atom stereocenters. The van der Waals surface area contributed by atoms with Crippen LogP contribution in [0.15, 0.2) is 28.8 Å². The van der Waals surface area contributed by atoms with E-state index in [0.29, 0.717) is 11.0 Å². The van der Waals surface area contributed by atoms with Gasteiger partial charge in [0.15, 0.2) is 5.58 Å². The minimum absolute atomic E-state index is 0.245. The quantitative estimate of drug-likeness (QED) is 0.833. The van der Waals surface area contributed by atoms with E-state index in [1.807, 2.05) is 0 Å². The number of nitrogens with zero attached hydrogens (tertiary/aromatic N) is 1. The van der Waals surface area contributed by atoms with Crippen LogP contribution in [0.25, 0.3) is 11.0 Å². The number of hydrogen-bond acceptors (Lipinski definition) is 4. The van der Waals surface area contributed by atoms with Crippen molar-refractivity contribution in [1.82, 2.24) is 5.16 Å². The molecule has 0 saturated carbocycles. The van der Waals surface area contributed by atoms with E-state index in [4.69, 9.17) is 9.08 Å². The van der Waals surface area contributed by atoms with E-state index >= 15 is 0 Å². The molecule has 6 heteroatoms. The van der Waals surface area contributed by atoms with Crippen molar-refractivity contribution in [1.29, 1.82) is 0 Å². The van der Waals surface area contributed by atoms with Gasteiger partial charge in [-0.15, -0.1) is 0 Å². The highest BCUT2D eigenvalue weighted by Crippen LogP contribution is 2.30. The lowest BCUT2D eigenvalue weighted by atomic mass is 10.1. The lowest BCUT2D eigenvalue weighted by Gasteiger charge is -2.07. The fourth-order valence-corrected chi connectivity index (χ4v) is 2.56. The molecule has 0 spiro atoms. The van der Waals surface area contributed by atoms with Crippen molar-refractivity contribution in [3.8, 4) is 0 Å². The van der Waals surface area contributed by atoms with Crippen LogP contribution in [0, 0.1) is 0 Å². The van der Waals surface area contributed by atoms with Crippen molar-refractivity contribution in [2.75, 3.05) is 0 Å². The molecule has 2 rings (SSSR count). The third kappa shape index (κ3) is 1.81. The Hall–Kier alpha value is -1.40. The molecule has 5 nitrogen and oxygen atoms in total. The fourth-order valence-electron chi connectivity index (χ4n) is 1.68. The van der Waals surface area contributed by atoms with E-state index in [9.17, 15) is 8.42 Å². The van der Waals surface area contributed by atoms with Gasteiger partial charge in [-0.05, 0) is 18.6 Å². The van der Waals surface area contributed by atoms with Crippen LogP contribution in [0.1, 0.15) is 24.3 Å². The number of benzene rings is 1. The average molecular weight is 241 g/mol. The summed E-state index contributed by atoms with van der Waals surface area (Å²) in [6, 6.07) is 6.95. The summed E-state index contributed by atoms with van der Waals surface area (Å²) in [5.74, 6) is 0. The molecule has 1 heterocycles. The average Bonchev–Trinajstić information content (AvgIpc) is 2.61. The second kappa shape index (κ2) is 3.88. The molecule has 0 amide bonds. The van der Waals surface area contributed by atoms with E-state index in [1.54, 1.807) is 31.2 Å². The van der Waals surface area contributed by atoms with Gasteiger partial charge in [0, 0.05) is 5.39 Å². The Bertz CT molecular complexity index is 602. The molecule has 1 aromatic heterocycles. The maximum atomic E-state index is 11.2. The number of hydrogen-bond donors (Lipinski definition) is 1. The number of aromatic nitrogens is 1. The van der Waals surface area contributed by atoms with E-state index in [0.717, 1.165) is 0 Å². The molecule has 2 aromatic rings. The molecule has 1 aromatic carbocycles. The zero-order valence-electron chi connectivity index (χ0n) is 8.62. The highest BCUT2D eigenvalue weighted by molar-refractivity contribution is 7.86. The molecule has 0 bridgehead atoms. The minimum atomic E-state index is -4.15. The summed E-state index contributed by atoms with van der Waals surface area (Å²) in [5, 5.41) is 3.30. The van der Waals surface area contributed by atoms with Gasteiger partial charge in [0.05, 0.1) is 0 Å². The summed E-state index contributed by atoms with van der Waals surface area (Å²) in [6.07, 6.45) is 0.245. The zero-order valence-corrected chi connectivity index (χ0v) is 9.44. The number of para-hydroxylation sites is 1. The van der Waals surface area contributed by atoms with Crippen molar-refractivity contribution in [3.05, 3.63) is 30.0 Å². The number of fused-ring (bicyclic) bond motifs is 1. The first-order chi connectivity index (χ1) is 7.54. The summed E-state index contributed by atoms with van der Waals surface area (Å²) in [7, 11) is -4.15. The second-order valence-electron chi connectivity index (χ2n) is 3.48. The van der Waals surface area contributed by atoms with Crippen LogP contribution in [0.5, 0.6) is 0 Å². The van der Waals surface area contributed by atoms with Crippen LogP contribution in [0.3, 0.4) is 0 Å². The third-order valence-electron chi connectivity index (χ3n) is 2.44. The summed E-state index contributed by atoms with van der Waals surface area (Å²) >= 11 is 0. The molecule has 0 aliphatic heterocycles. The summed E-state index contributed by atoms with van der Waals surface area (Å²) < 4.78 is 36.5. The van der Waals surface area contributed by atoms with E-state index in [2.05, 4.69) is 5.16 Å². The molecule has 16 heavy (non-hydrogen) atoms. The first kappa shape index (κ1) is 11.1. The van der Waals surface area contributed by atoms with Gasteiger partial charge in [-0.25, -0.2) is 0 Å². The monoisotopic (exact) mass is 241 g/mol. The lowest BCUT2D eigenvalue weighted by Crippen LogP contribution is -2.11. The van der Waals surface area contributed by atoms with E-state index in [-0.39, 0.29) is 12.1 Å². The molecule has 0 aliphatic carbocycles. The SMILES string of the molecule is CCC(c1noc2ccccc12)S(=O)(=O)O. The summed E-state index contributed by atoms with van der Waals surface area (Å²) in [4.78, 5) is 0. The Morgan fingerprint density at radius 2 is 2.12 bits per heavy atom. The molecule has 1 atom stereocenters. The first-order valence-electron chi connectivity index (χ1n) is 4.84. The summed E-state index contributed by atoms with van der Waals surface area (Å²) in [5.41, 5.74) is 0.778. The maximum Gasteiger partial charge on any atom is 0.273 e. The van der Waals surface area contributed by atoms with Crippen molar-refractivity contribution < 1.29 is 17.5 Å². The zero-order chi connectivity index (χ0) is 11.8. The molecule has 86 valence electrons. The van der Waals surface area contributed by atoms with Gasteiger partial charge < -0.3 is 4.52 Å². The van der Waals surface area contributed by atoms with Crippen molar-refractivity contribution in [2.45, 2.75) is 18.6 Å². The van der Waals surface area contributed by atoms with Gasteiger partial charge >= 0.3 is 0 Å². The topological polar surface area (TPSA) is 80.4 Å². The minimum Gasteiger partial charge on any atom is -0.356 e.